The highest BCUT2D eigenvalue weighted by atomic mass is 127. The summed E-state index contributed by atoms with van der Waals surface area (Å²) in [6, 6.07) is 8.75. The summed E-state index contributed by atoms with van der Waals surface area (Å²) < 4.78 is 5.38. The lowest BCUT2D eigenvalue weighted by molar-refractivity contribution is 0.122. The highest BCUT2D eigenvalue weighted by Gasteiger charge is 2.10. The van der Waals surface area contributed by atoms with Crippen molar-refractivity contribution in [1.29, 1.82) is 0 Å². The van der Waals surface area contributed by atoms with E-state index in [9.17, 15) is 0 Å². The molecule has 116 valence electrons. The van der Waals surface area contributed by atoms with Gasteiger partial charge >= 0.3 is 0 Å². The molecule has 1 aromatic rings. The van der Waals surface area contributed by atoms with Crippen molar-refractivity contribution in [2.45, 2.75) is 13.0 Å². The van der Waals surface area contributed by atoms with E-state index in [0.29, 0.717) is 0 Å². The Balaban J connectivity index is 0.00000161. The van der Waals surface area contributed by atoms with Crippen molar-refractivity contribution in [3.63, 3.8) is 0 Å². The number of nitrogens with one attached hydrogen (secondary N) is 2. The maximum atomic E-state index is 5.38. The van der Waals surface area contributed by atoms with Crippen LogP contribution in [0.3, 0.4) is 0 Å². The largest absolute Gasteiger partial charge is 0.378 e. The van der Waals surface area contributed by atoms with Crippen LogP contribution in [0.5, 0.6) is 0 Å². The van der Waals surface area contributed by atoms with Gasteiger partial charge in [-0.15, -0.1) is 24.0 Å². The molecule has 1 aromatic carbocycles. The zero-order chi connectivity index (χ0) is 13.6. The van der Waals surface area contributed by atoms with Crippen molar-refractivity contribution in [2.75, 3.05) is 44.3 Å². The van der Waals surface area contributed by atoms with E-state index in [1.807, 2.05) is 0 Å². The first-order chi connectivity index (χ1) is 9.92. The van der Waals surface area contributed by atoms with Crippen LogP contribution in [-0.2, 0) is 11.3 Å². The molecule has 2 aliphatic rings. The lowest BCUT2D eigenvalue weighted by Crippen LogP contribution is -2.40. The van der Waals surface area contributed by atoms with Gasteiger partial charge in [0.25, 0.3) is 0 Å². The fourth-order valence-electron chi connectivity index (χ4n) is 2.48. The molecule has 5 nitrogen and oxygen atoms in total. The molecule has 0 radical (unpaired) electrons. The molecule has 0 amide bonds. The highest BCUT2D eigenvalue weighted by molar-refractivity contribution is 14.0. The van der Waals surface area contributed by atoms with E-state index in [1.165, 1.54) is 11.3 Å². The molecule has 2 aliphatic heterocycles. The van der Waals surface area contributed by atoms with Gasteiger partial charge in [0.05, 0.1) is 13.2 Å². The van der Waals surface area contributed by atoms with Crippen LogP contribution in [0.2, 0.25) is 0 Å². The van der Waals surface area contributed by atoms with Crippen LogP contribution >= 0.6 is 24.0 Å². The van der Waals surface area contributed by atoms with Gasteiger partial charge in [0, 0.05) is 38.4 Å². The van der Waals surface area contributed by atoms with Crippen molar-refractivity contribution in [3.8, 4) is 0 Å². The minimum atomic E-state index is 0. The molecule has 0 bridgehead atoms. The molecule has 6 heteroatoms. The van der Waals surface area contributed by atoms with Crippen LogP contribution in [0.25, 0.3) is 0 Å². The van der Waals surface area contributed by atoms with E-state index in [-0.39, 0.29) is 24.0 Å². The lowest BCUT2D eigenvalue weighted by Gasteiger charge is -2.29. The van der Waals surface area contributed by atoms with Crippen molar-refractivity contribution < 1.29 is 4.74 Å². The number of morpholine rings is 1. The molecule has 0 spiro atoms. The van der Waals surface area contributed by atoms with Crippen LogP contribution in [0, 0.1) is 0 Å². The van der Waals surface area contributed by atoms with E-state index in [2.05, 4.69) is 44.8 Å². The molecule has 0 aliphatic carbocycles. The Kier molecular flexibility index (Phi) is 6.56. The number of hydrogen-bond acceptors (Lipinski definition) is 5. The number of guanidine groups is 1. The third-order valence-electron chi connectivity index (χ3n) is 3.67. The summed E-state index contributed by atoms with van der Waals surface area (Å²) in [5.74, 6) is 0.925. The Morgan fingerprint density at radius 3 is 2.62 bits per heavy atom. The second-order valence-electron chi connectivity index (χ2n) is 5.13. The second kappa shape index (κ2) is 8.43. The first-order valence-corrected chi connectivity index (χ1v) is 7.36. The van der Waals surface area contributed by atoms with Gasteiger partial charge in [-0.25, -0.2) is 0 Å². The molecule has 1 fully saturated rings. The quantitative estimate of drug-likeness (QED) is 0.754. The number of hydrogen-bond donors (Lipinski definition) is 2. The Labute approximate surface area is 143 Å². The van der Waals surface area contributed by atoms with E-state index >= 15 is 0 Å². The molecule has 0 aromatic heterocycles. The van der Waals surface area contributed by atoms with Crippen molar-refractivity contribution in [3.05, 3.63) is 29.8 Å². The molecule has 2 heterocycles. The Morgan fingerprint density at radius 1 is 1.19 bits per heavy atom. The van der Waals surface area contributed by atoms with Crippen LogP contribution < -0.4 is 15.5 Å². The van der Waals surface area contributed by atoms with Gasteiger partial charge in [0.2, 0.25) is 0 Å². The summed E-state index contributed by atoms with van der Waals surface area (Å²) in [5, 5.41) is 6.61. The molecule has 0 unspecified atom stereocenters. The number of nitrogens with zero attached hydrogens (tertiary/aromatic N) is 2. The Morgan fingerprint density at radius 2 is 1.95 bits per heavy atom. The predicted molar refractivity (Wildman–Crippen MR) is 96.7 cm³/mol. The number of benzene rings is 1. The van der Waals surface area contributed by atoms with Gasteiger partial charge in [0.15, 0.2) is 5.96 Å². The summed E-state index contributed by atoms with van der Waals surface area (Å²) in [6.07, 6.45) is 1.12. The average molecular weight is 402 g/mol. The predicted octanol–water partition coefficient (Wildman–Crippen LogP) is 1.58. The minimum Gasteiger partial charge on any atom is -0.378 e. The van der Waals surface area contributed by atoms with Gasteiger partial charge in [-0.2, -0.15) is 0 Å². The monoisotopic (exact) mass is 402 g/mol. The van der Waals surface area contributed by atoms with E-state index in [4.69, 9.17) is 4.74 Å². The number of rotatable bonds is 3. The van der Waals surface area contributed by atoms with Crippen molar-refractivity contribution in [1.82, 2.24) is 10.6 Å². The fraction of sp³-hybridized carbons (Fsp3) is 0.533. The number of ether oxygens (including phenoxy) is 1. The normalized spacial score (nSPS) is 18.3. The van der Waals surface area contributed by atoms with Crippen LogP contribution in [0.15, 0.2) is 29.3 Å². The third-order valence-corrected chi connectivity index (χ3v) is 3.67. The number of anilines is 1. The lowest BCUT2D eigenvalue weighted by atomic mass is 10.2. The molecule has 0 saturated carbocycles. The number of aliphatic imine (C=N–C) groups is 1. The standard InChI is InChI=1S/C15H22N4O.HI/c1-6-16-15(17-7-1)18-12-13-2-4-14(5-3-13)19-8-10-20-11-9-19;/h2-5H,1,6-12H2,(H2,16,17,18);1H. The topological polar surface area (TPSA) is 48.9 Å². The maximum Gasteiger partial charge on any atom is 0.191 e. The summed E-state index contributed by atoms with van der Waals surface area (Å²) >= 11 is 0. The number of halogens is 1. The van der Waals surface area contributed by atoms with Gasteiger partial charge in [-0.05, 0) is 24.1 Å². The molecule has 2 N–H and O–H groups in total. The molecule has 3 rings (SSSR count). The van der Waals surface area contributed by atoms with Crippen molar-refractivity contribution >= 4 is 35.6 Å². The third kappa shape index (κ3) is 4.74. The summed E-state index contributed by atoms with van der Waals surface area (Å²) in [4.78, 5) is 6.78. The van der Waals surface area contributed by atoms with E-state index in [0.717, 1.165) is 58.3 Å². The van der Waals surface area contributed by atoms with Gasteiger partial charge in [0.1, 0.15) is 0 Å². The summed E-state index contributed by atoms with van der Waals surface area (Å²) in [6.45, 7) is 6.38. The average Bonchev–Trinajstić information content (AvgIpc) is 2.55. The molecule has 1 saturated heterocycles. The second-order valence-corrected chi connectivity index (χ2v) is 5.13. The van der Waals surface area contributed by atoms with Crippen LogP contribution in [-0.4, -0.2) is 45.4 Å². The Hall–Kier alpha value is -1.02. The van der Waals surface area contributed by atoms with Gasteiger partial charge in [-0.3, -0.25) is 4.99 Å². The Bertz CT molecular complexity index is 457. The zero-order valence-electron chi connectivity index (χ0n) is 12.2. The van der Waals surface area contributed by atoms with E-state index < -0.39 is 0 Å². The fourth-order valence-corrected chi connectivity index (χ4v) is 2.48. The van der Waals surface area contributed by atoms with Crippen LogP contribution in [0.4, 0.5) is 5.69 Å². The minimum absolute atomic E-state index is 0. The van der Waals surface area contributed by atoms with Gasteiger partial charge in [-0.1, -0.05) is 12.1 Å². The molecular formula is C15H23IN4O. The first-order valence-electron chi connectivity index (χ1n) is 7.36. The molecule has 21 heavy (non-hydrogen) atoms. The SMILES string of the molecule is I.c1cc(N2CCOCC2)ccc1CNC1=NCCCN1. The molecule has 0 atom stereocenters. The smallest absolute Gasteiger partial charge is 0.191 e. The van der Waals surface area contributed by atoms with Gasteiger partial charge < -0.3 is 20.3 Å². The first kappa shape index (κ1) is 16.4. The zero-order valence-corrected chi connectivity index (χ0v) is 14.5. The maximum absolute atomic E-state index is 5.38. The summed E-state index contributed by atoms with van der Waals surface area (Å²) in [7, 11) is 0. The molecular weight excluding hydrogens is 379 g/mol. The van der Waals surface area contributed by atoms with E-state index in [1.54, 1.807) is 0 Å². The summed E-state index contributed by atoms with van der Waals surface area (Å²) in [5.41, 5.74) is 2.56. The highest BCUT2D eigenvalue weighted by Crippen LogP contribution is 2.16. The van der Waals surface area contributed by atoms with Crippen LogP contribution in [0.1, 0.15) is 12.0 Å². The van der Waals surface area contributed by atoms with Crippen molar-refractivity contribution in [2.24, 2.45) is 4.99 Å².